The van der Waals surface area contributed by atoms with Crippen molar-refractivity contribution in [2.75, 3.05) is 11.1 Å². The molecule has 0 saturated carbocycles. The molecule has 0 aliphatic heterocycles. The van der Waals surface area contributed by atoms with Crippen LogP contribution in [0.1, 0.15) is 16.4 Å². The molecule has 1 amide bonds. The van der Waals surface area contributed by atoms with E-state index in [9.17, 15) is 14.9 Å². The fourth-order valence-corrected chi connectivity index (χ4v) is 3.82. The van der Waals surface area contributed by atoms with Gasteiger partial charge in [0.15, 0.2) is 0 Å². The molecule has 0 heterocycles. The molecule has 7 heteroatoms. The molecule has 0 bridgehead atoms. The van der Waals surface area contributed by atoms with Crippen LogP contribution in [0, 0.1) is 17.0 Å². The van der Waals surface area contributed by atoms with E-state index >= 15 is 0 Å². The Labute approximate surface area is 166 Å². The van der Waals surface area contributed by atoms with Crippen LogP contribution in [-0.2, 0) is 4.79 Å². The van der Waals surface area contributed by atoms with Crippen molar-refractivity contribution in [2.45, 2.75) is 17.1 Å². The zero-order chi connectivity index (χ0) is 20.1. The second kappa shape index (κ2) is 8.58. The van der Waals surface area contributed by atoms with Gasteiger partial charge in [0.2, 0.25) is 5.91 Å². The van der Waals surface area contributed by atoms with E-state index < -0.39 is 10.2 Å². The summed E-state index contributed by atoms with van der Waals surface area (Å²) in [6.07, 6.45) is 0. The summed E-state index contributed by atoms with van der Waals surface area (Å²) >= 11 is 1.40. The van der Waals surface area contributed by atoms with Crippen molar-refractivity contribution in [3.63, 3.8) is 0 Å². The van der Waals surface area contributed by atoms with Gasteiger partial charge in [-0.05, 0) is 42.3 Å². The predicted molar refractivity (Wildman–Crippen MR) is 112 cm³/mol. The van der Waals surface area contributed by atoms with Gasteiger partial charge in [-0.3, -0.25) is 14.9 Å². The molecular formula is C21H19N3O3S. The van der Waals surface area contributed by atoms with Gasteiger partial charge < -0.3 is 11.1 Å². The first-order chi connectivity index (χ1) is 13.4. The van der Waals surface area contributed by atoms with Gasteiger partial charge in [0, 0.05) is 28.4 Å². The molecule has 3 aromatic carbocycles. The minimum absolute atomic E-state index is 0.00996. The molecule has 3 N–H and O–H groups in total. The maximum absolute atomic E-state index is 13.1. The van der Waals surface area contributed by atoms with Gasteiger partial charge in [-0.25, -0.2) is 0 Å². The second-order valence-electron chi connectivity index (χ2n) is 6.23. The smallest absolute Gasteiger partial charge is 0.269 e. The highest BCUT2D eigenvalue weighted by atomic mass is 32.2. The number of aryl methyl sites for hydroxylation is 1. The molecule has 3 aromatic rings. The quantitative estimate of drug-likeness (QED) is 0.267. The van der Waals surface area contributed by atoms with Crippen molar-refractivity contribution < 1.29 is 9.72 Å². The van der Waals surface area contributed by atoms with Crippen molar-refractivity contribution >= 4 is 34.7 Å². The highest BCUT2D eigenvalue weighted by Gasteiger charge is 2.23. The summed E-state index contributed by atoms with van der Waals surface area (Å²) in [7, 11) is 0. The third-order valence-electron chi connectivity index (χ3n) is 4.13. The van der Waals surface area contributed by atoms with Crippen LogP contribution in [0.5, 0.6) is 0 Å². The van der Waals surface area contributed by atoms with Crippen molar-refractivity contribution in [1.82, 2.24) is 0 Å². The number of non-ortho nitro benzene ring substituents is 1. The Kier molecular flexibility index (Phi) is 5.96. The zero-order valence-corrected chi connectivity index (χ0v) is 16.0. The summed E-state index contributed by atoms with van der Waals surface area (Å²) in [5, 5.41) is 13.3. The Bertz CT molecular complexity index is 1010. The molecule has 3 rings (SSSR count). The molecule has 6 nitrogen and oxygen atoms in total. The molecule has 1 atom stereocenters. The standard InChI is InChI=1S/C21H19N3O3S/c1-14-12-17(24(26)27)10-11-19(14)23-21(25)20(15-6-3-2-4-7-15)28-18-9-5-8-16(22)13-18/h2-13,20H,22H2,1H3,(H,23,25). The monoisotopic (exact) mass is 393 g/mol. The maximum atomic E-state index is 13.1. The number of rotatable bonds is 6. The molecule has 0 aliphatic carbocycles. The van der Waals surface area contributed by atoms with Gasteiger partial charge in [0.05, 0.1) is 4.92 Å². The lowest BCUT2D eigenvalue weighted by Gasteiger charge is -2.18. The number of hydrogen-bond acceptors (Lipinski definition) is 5. The van der Waals surface area contributed by atoms with E-state index in [0.29, 0.717) is 16.9 Å². The lowest BCUT2D eigenvalue weighted by Crippen LogP contribution is -2.19. The van der Waals surface area contributed by atoms with Crippen LogP contribution in [0.4, 0.5) is 17.1 Å². The van der Waals surface area contributed by atoms with E-state index in [4.69, 9.17) is 5.73 Å². The van der Waals surface area contributed by atoms with Crippen LogP contribution >= 0.6 is 11.8 Å². The first kappa shape index (κ1) is 19.4. The van der Waals surface area contributed by atoms with Crippen LogP contribution < -0.4 is 11.1 Å². The van der Waals surface area contributed by atoms with E-state index in [-0.39, 0.29) is 11.6 Å². The summed E-state index contributed by atoms with van der Waals surface area (Å²) in [4.78, 5) is 24.4. The molecule has 0 aliphatic rings. The number of nitrogen functional groups attached to an aromatic ring is 1. The van der Waals surface area contributed by atoms with Gasteiger partial charge in [-0.2, -0.15) is 0 Å². The van der Waals surface area contributed by atoms with Crippen LogP contribution in [0.2, 0.25) is 0 Å². The van der Waals surface area contributed by atoms with Crippen molar-refractivity contribution in [2.24, 2.45) is 0 Å². The fraction of sp³-hybridized carbons (Fsp3) is 0.0952. The molecular weight excluding hydrogens is 374 g/mol. The number of nitro groups is 1. The minimum atomic E-state index is -0.502. The summed E-state index contributed by atoms with van der Waals surface area (Å²) in [6.45, 7) is 1.73. The number of amides is 1. The Morgan fingerprint density at radius 1 is 1.07 bits per heavy atom. The molecule has 28 heavy (non-hydrogen) atoms. The summed E-state index contributed by atoms with van der Waals surface area (Å²) < 4.78 is 0. The Hall–Kier alpha value is -3.32. The van der Waals surface area contributed by atoms with Gasteiger partial charge in [0.25, 0.3) is 5.69 Å². The third-order valence-corrected chi connectivity index (χ3v) is 5.38. The first-order valence-corrected chi connectivity index (χ1v) is 9.45. The molecule has 142 valence electrons. The average molecular weight is 393 g/mol. The number of anilines is 2. The van der Waals surface area contributed by atoms with E-state index in [0.717, 1.165) is 10.5 Å². The number of benzene rings is 3. The predicted octanol–water partition coefficient (Wildman–Crippen LogP) is 4.96. The van der Waals surface area contributed by atoms with E-state index in [1.165, 1.54) is 23.9 Å². The van der Waals surface area contributed by atoms with Crippen molar-refractivity contribution in [3.8, 4) is 0 Å². The highest BCUT2D eigenvalue weighted by molar-refractivity contribution is 8.00. The first-order valence-electron chi connectivity index (χ1n) is 8.57. The number of nitrogens with one attached hydrogen (secondary N) is 1. The number of thioether (sulfide) groups is 1. The van der Waals surface area contributed by atoms with Crippen molar-refractivity contribution in [3.05, 3.63) is 94.0 Å². The molecule has 0 aromatic heterocycles. The van der Waals surface area contributed by atoms with Crippen LogP contribution in [0.3, 0.4) is 0 Å². The SMILES string of the molecule is Cc1cc([N+](=O)[O-])ccc1NC(=O)C(Sc1cccc(N)c1)c1ccccc1. The Morgan fingerprint density at radius 3 is 2.46 bits per heavy atom. The van der Waals surface area contributed by atoms with Crippen LogP contribution in [0.15, 0.2) is 77.7 Å². The molecule has 0 spiro atoms. The van der Waals surface area contributed by atoms with Crippen LogP contribution in [0.25, 0.3) is 0 Å². The number of nitro benzene ring substituents is 1. The number of carbonyl (C=O) groups is 1. The lowest BCUT2D eigenvalue weighted by atomic mass is 10.1. The van der Waals surface area contributed by atoms with E-state index in [1.54, 1.807) is 19.1 Å². The fourth-order valence-electron chi connectivity index (χ4n) is 2.72. The molecule has 0 saturated heterocycles. The summed E-state index contributed by atoms with van der Waals surface area (Å²) in [5.74, 6) is -0.212. The lowest BCUT2D eigenvalue weighted by molar-refractivity contribution is -0.384. The summed E-state index contributed by atoms with van der Waals surface area (Å²) in [5.41, 5.74) is 8.51. The summed E-state index contributed by atoms with van der Waals surface area (Å²) in [6, 6.07) is 21.2. The molecule has 1 unspecified atom stereocenters. The molecule has 0 radical (unpaired) electrons. The average Bonchev–Trinajstić information content (AvgIpc) is 2.68. The topological polar surface area (TPSA) is 98.3 Å². The Morgan fingerprint density at radius 2 is 1.82 bits per heavy atom. The third kappa shape index (κ3) is 4.69. The van der Waals surface area contributed by atoms with Gasteiger partial charge >= 0.3 is 0 Å². The van der Waals surface area contributed by atoms with Crippen LogP contribution in [-0.4, -0.2) is 10.8 Å². The highest BCUT2D eigenvalue weighted by Crippen LogP contribution is 2.37. The van der Waals surface area contributed by atoms with E-state index in [1.807, 2.05) is 48.5 Å². The normalized spacial score (nSPS) is 11.6. The zero-order valence-electron chi connectivity index (χ0n) is 15.2. The second-order valence-corrected chi connectivity index (χ2v) is 7.41. The Balaban J connectivity index is 1.87. The maximum Gasteiger partial charge on any atom is 0.269 e. The minimum Gasteiger partial charge on any atom is -0.399 e. The van der Waals surface area contributed by atoms with Gasteiger partial charge in [-0.1, -0.05) is 36.4 Å². The number of nitrogens with two attached hydrogens (primary N) is 1. The number of nitrogens with zero attached hydrogens (tertiary/aromatic N) is 1. The number of carbonyl (C=O) groups excluding carboxylic acids is 1. The largest absolute Gasteiger partial charge is 0.399 e. The van der Waals surface area contributed by atoms with Gasteiger partial charge in [0.1, 0.15) is 5.25 Å². The molecule has 0 fully saturated rings. The van der Waals surface area contributed by atoms with Gasteiger partial charge in [-0.15, -0.1) is 11.8 Å². The van der Waals surface area contributed by atoms with E-state index in [2.05, 4.69) is 5.32 Å². The number of hydrogen-bond donors (Lipinski definition) is 2. The van der Waals surface area contributed by atoms with Crippen molar-refractivity contribution in [1.29, 1.82) is 0 Å².